The number of rotatable bonds is 8. The second-order valence-electron chi connectivity index (χ2n) is 6.41. The van der Waals surface area contributed by atoms with E-state index in [-0.39, 0.29) is 0 Å². The van der Waals surface area contributed by atoms with Gasteiger partial charge in [-0.05, 0) is 12.3 Å². The van der Waals surface area contributed by atoms with E-state index in [1.807, 2.05) is 12.4 Å². The number of guanidine groups is 1. The van der Waals surface area contributed by atoms with Crippen LogP contribution in [0.1, 0.15) is 50.5 Å². The Morgan fingerprint density at radius 3 is 2.64 bits per heavy atom. The molecule has 0 aliphatic heterocycles. The number of aromatic nitrogens is 3. The van der Waals surface area contributed by atoms with E-state index in [0.717, 1.165) is 48.2 Å². The van der Waals surface area contributed by atoms with Gasteiger partial charge in [-0.1, -0.05) is 32.9 Å². The van der Waals surface area contributed by atoms with Gasteiger partial charge in [-0.3, -0.25) is 4.99 Å². The lowest BCUT2D eigenvalue weighted by Crippen LogP contribution is -2.37. The molecular weight excluding hydrogens is 316 g/mol. The molecule has 0 saturated carbocycles. The smallest absolute Gasteiger partial charge is 0.191 e. The molecule has 2 aromatic heterocycles. The highest BCUT2D eigenvalue weighted by Gasteiger charge is 2.14. The van der Waals surface area contributed by atoms with Crippen LogP contribution in [0.15, 0.2) is 21.9 Å². The van der Waals surface area contributed by atoms with Crippen molar-refractivity contribution in [3.63, 3.8) is 0 Å². The molecule has 0 amide bonds. The second kappa shape index (κ2) is 9.25. The van der Waals surface area contributed by atoms with E-state index in [2.05, 4.69) is 58.0 Å². The lowest BCUT2D eigenvalue weighted by Gasteiger charge is -2.14. The molecule has 0 bridgehead atoms. The Kier molecular flexibility index (Phi) is 7.03. The molecule has 0 aliphatic carbocycles. The Morgan fingerprint density at radius 1 is 1.24 bits per heavy atom. The van der Waals surface area contributed by atoms with Gasteiger partial charge in [0.25, 0.3) is 0 Å². The van der Waals surface area contributed by atoms with Crippen LogP contribution < -0.4 is 10.6 Å². The second-order valence-corrected chi connectivity index (χ2v) is 6.41. The highest BCUT2D eigenvalue weighted by Crippen LogP contribution is 2.15. The molecule has 2 heterocycles. The van der Waals surface area contributed by atoms with E-state index < -0.39 is 0 Å². The Bertz CT molecular complexity index is 664. The summed E-state index contributed by atoms with van der Waals surface area (Å²) in [5.41, 5.74) is 2.14. The van der Waals surface area contributed by atoms with Crippen molar-refractivity contribution in [2.75, 3.05) is 7.05 Å². The summed E-state index contributed by atoms with van der Waals surface area (Å²) in [5.74, 6) is 3.26. The molecule has 2 rings (SSSR count). The van der Waals surface area contributed by atoms with Crippen LogP contribution in [0, 0.1) is 5.92 Å². The molecule has 2 aromatic rings. The Labute approximate surface area is 149 Å². The molecule has 2 N–H and O–H groups in total. The van der Waals surface area contributed by atoms with Crippen molar-refractivity contribution in [3.05, 3.63) is 35.2 Å². The van der Waals surface area contributed by atoms with Gasteiger partial charge in [-0.25, -0.2) is 4.98 Å². The first-order valence-corrected chi connectivity index (χ1v) is 8.99. The van der Waals surface area contributed by atoms with Crippen LogP contribution in [0.4, 0.5) is 0 Å². The summed E-state index contributed by atoms with van der Waals surface area (Å²) in [6.45, 7) is 10.8. The van der Waals surface area contributed by atoms with Crippen molar-refractivity contribution < 1.29 is 4.52 Å². The third kappa shape index (κ3) is 5.08. The Balaban J connectivity index is 1.94. The molecule has 25 heavy (non-hydrogen) atoms. The molecule has 0 fully saturated rings. The maximum atomic E-state index is 5.41. The number of hydrogen-bond donors (Lipinski definition) is 2. The average Bonchev–Trinajstić information content (AvgIpc) is 3.20. The highest BCUT2D eigenvalue weighted by molar-refractivity contribution is 5.79. The summed E-state index contributed by atoms with van der Waals surface area (Å²) in [4.78, 5) is 8.73. The SMILES string of the molecule is CCc1noc(CC)c1CNC(=NC)NCc1nccn1CC(C)C. The van der Waals surface area contributed by atoms with Gasteiger partial charge in [0, 0.05) is 44.5 Å². The minimum Gasteiger partial charge on any atom is -0.361 e. The zero-order valence-electron chi connectivity index (χ0n) is 16.0. The van der Waals surface area contributed by atoms with Crippen molar-refractivity contribution in [2.45, 2.75) is 60.2 Å². The zero-order chi connectivity index (χ0) is 18.2. The maximum Gasteiger partial charge on any atom is 0.191 e. The van der Waals surface area contributed by atoms with Gasteiger partial charge in [0.1, 0.15) is 11.6 Å². The van der Waals surface area contributed by atoms with E-state index in [9.17, 15) is 0 Å². The van der Waals surface area contributed by atoms with Crippen LogP contribution in [-0.4, -0.2) is 27.7 Å². The van der Waals surface area contributed by atoms with Crippen LogP contribution in [0.2, 0.25) is 0 Å². The highest BCUT2D eigenvalue weighted by atomic mass is 16.5. The van der Waals surface area contributed by atoms with Crippen molar-refractivity contribution in [1.82, 2.24) is 25.3 Å². The molecule has 0 radical (unpaired) electrons. The maximum absolute atomic E-state index is 5.41. The van der Waals surface area contributed by atoms with Crippen LogP contribution in [0.5, 0.6) is 0 Å². The lowest BCUT2D eigenvalue weighted by molar-refractivity contribution is 0.380. The fourth-order valence-electron chi connectivity index (χ4n) is 2.76. The molecule has 0 unspecified atom stereocenters. The van der Waals surface area contributed by atoms with Crippen molar-refractivity contribution in [3.8, 4) is 0 Å². The summed E-state index contributed by atoms with van der Waals surface area (Å²) < 4.78 is 7.59. The zero-order valence-corrected chi connectivity index (χ0v) is 16.0. The number of aryl methyl sites for hydroxylation is 2. The van der Waals surface area contributed by atoms with E-state index in [1.54, 1.807) is 7.05 Å². The van der Waals surface area contributed by atoms with Gasteiger partial charge in [0.15, 0.2) is 5.96 Å². The first-order chi connectivity index (χ1) is 12.1. The normalized spacial score (nSPS) is 12.0. The molecule has 0 spiro atoms. The van der Waals surface area contributed by atoms with Gasteiger partial charge < -0.3 is 19.7 Å². The fourth-order valence-corrected chi connectivity index (χ4v) is 2.76. The number of aliphatic imine (C=N–C) groups is 1. The molecule has 0 atom stereocenters. The van der Waals surface area contributed by atoms with E-state index in [1.165, 1.54) is 0 Å². The fraction of sp³-hybridized carbons (Fsp3) is 0.611. The minimum atomic E-state index is 0.582. The molecule has 138 valence electrons. The quantitative estimate of drug-likeness (QED) is 0.567. The van der Waals surface area contributed by atoms with Gasteiger partial charge in [0.05, 0.1) is 12.2 Å². The van der Waals surface area contributed by atoms with Crippen LogP contribution in [-0.2, 0) is 32.5 Å². The monoisotopic (exact) mass is 346 g/mol. The molecule has 7 heteroatoms. The number of imidazole rings is 1. The third-order valence-electron chi connectivity index (χ3n) is 4.04. The van der Waals surface area contributed by atoms with Crippen LogP contribution >= 0.6 is 0 Å². The largest absolute Gasteiger partial charge is 0.361 e. The van der Waals surface area contributed by atoms with E-state index in [0.29, 0.717) is 19.0 Å². The van der Waals surface area contributed by atoms with E-state index >= 15 is 0 Å². The average molecular weight is 346 g/mol. The first-order valence-electron chi connectivity index (χ1n) is 8.99. The molecule has 7 nitrogen and oxygen atoms in total. The predicted molar refractivity (Wildman–Crippen MR) is 99.4 cm³/mol. The van der Waals surface area contributed by atoms with Gasteiger partial charge in [-0.2, -0.15) is 0 Å². The standard InChI is InChI=1S/C18H30N6O/c1-6-15-14(16(7-2)25-23-15)10-21-18(19-5)22-11-17-20-8-9-24(17)12-13(3)4/h8-9,13H,6-7,10-12H2,1-5H3,(H2,19,21,22). The number of hydrogen-bond acceptors (Lipinski definition) is 4. The summed E-state index contributed by atoms with van der Waals surface area (Å²) in [6.07, 6.45) is 5.56. The van der Waals surface area contributed by atoms with Crippen molar-refractivity contribution in [1.29, 1.82) is 0 Å². The van der Waals surface area contributed by atoms with Gasteiger partial charge in [0.2, 0.25) is 0 Å². The number of nitrogens with zero attached hydrogens (tertiary/aromatic N) is 4. The Morgan fingerprint density at radius 2 is 2.00 bits per heavy atom. The van der Waals surface area contributed by atoms with Crippen molar-refractivity contribution >= 4 is 5.96 Å². The summed E-state index contributed by atoms with van der Waals surface area (Å²) in [5, 5.41) is 10.8. The molecule has 0 aliphatic rings. The van der Waals surface area contributed by atoms with E-state index in [4.69, 9.17) is 4.52 Å². The van der Waals surface area contributed by atoms with Crippen LogP contribution in [0.25, 0.3) is 0 Å². The summed E-state index contributed by atoms with van der Waals surface area (Å²) in [7, 11) is 1.77. The minimum absolute atomic E-state index is 0.582. The van der Waals surface area contributed by atoms with Gasteiger partial charge in [-0.15, -0.1) is 0 Å². The van der Waals surface area contributed by atoms with Crippen LogP contribution in [0.3, 0.4) is 0 Å². The molecule has 0 aromatic carbocycles. The topological polar surface area (TPSA) is 80.3 Å². The third-order valence-corrected chi connectivity index (χ3v) is 4.04. The molecular formula is C18H30N6O. The van der Waals surface area contributed by atoms with Gasteiger partial charge >= 0.3 is 0 Å². The summed E-state index contributed by atoms with van der Waals surface area (Å²) in [6, 6.07) is 0. The predicted octanol–water partition coefficient (Wildman–Crippen LogP) is 2.52. The molecule has 0 saturated heterocycles. The number of nitrogens with one attached hydrogen (secondary N) is 2. The lowest BCUT2D eigenvalue weighted by atomic mass is 10.1. The van der Waals surface area contributed by atoms with Crippen molar-refractivity contribution in [2.24, 2.45) is 10.9 Å². The Hall–Kier alpha value is -2.31. The summed E-state index contributed by atoms with van der Waals surface area (Å²) >= 11 is 0. The first kappa shape index (κ1) is 19.0.